The fourth-order valence-corrected chi connectivity index (χ4v) is 4.67. The molecule has 236 valence electrons. The molecule has 1 aliphatic rings. The van der Waals surface area contributed by atoms with Crippen LogP contribution in [-0.4, -0.2) is 127 Å². The van der Waals surface area contributed by atoms with E-state index in [1.807, 2.05) is 4.90 Å². The van der Waals surface area contributed by atoms with E-state index in [1.165, 1.54) is 18.2 Å². The first kappa shape index (κ1) is 33.5. The lowest BCUT2D eigenvalue weighted by molar-refractivity contribution is -0.346. The number of hydrogen-bond acceptors (Lipinski definition) is 15. The normalized spacial score (nSPS) is 15.2. The molecular formula is C27H35N3O13. The number of aliphatic hydroxyl groups is 4. The molecule has 1 saturated heterocycles. The van der Waals surface area contributed by atoms with Crippen molar-refractivity contribution in [2.45, 2.75) is 37.3 Å². The number of ether oxygens (including phenoxy) is 2. The van der Waals surface area contributed by atoms with Crippen LogP contribution in [-0.2, 0) is 34.0 Å². The summed E-state index contributed by atoms with van der Waals surface area (Å²) in [5, 5.41) is 85.3. The van der Waals surface area contributed by atoms with Crippen molar-refractivity contribution in [1.29, 1.82) is 0 Å². The molecule has 1 unspecified atom stereocenters. The molecule has 0 aliphatic carbocycles. The van der Waals surface area contributed by atoms with Gasteiger partial charge in [-0.2, -0.15) is 0 Å². The molecule has 1 amide bonds. The predicted molar refractivity (Wildman–Crippen MR) is 145 cm³/mol. The minimum absolute atomic E-state index is 0.00358. The average molecular weight is 610 g/mol. The molecule has 1 aliphatic heterocycles. The Morgan fingerprint density at radius 3 is 2.14 bits per heavy atom. The molecule has 1 heterocycles. The molecule has 9 N–H and O–H groups in total. The highest BCUT2D eigenvalue weighted by Gasteiger charge is 2.57. The lowest BCUT2D eigenvalue weighted by Gasteiger charge is -2.40. The van der Waals surface area contributed by atoms with Gasteiger partial charge >= 0.3 is 0 Å². The highest BCUT2D eigenvalue weighted by atomic mass is 16.6. The number of morpholine rings is 1. The summed E-state index contributed by atoms with van der Waals surface area (Å²) in [5.74, 6) is -11.6. The van der Waals surface area contributed by atoms with Gasteiger partial charge in [0.25, 0.3) is 11.6 Å². The number of phenols is 4. The summed E-state index contributed by atoms with van der Waals surface area (Å²) in [4.78, 5) is 38.3. The minimum atomic E-state index is -3.77. The van der Waals surface area contributed by atoms with E-state index in [0.29, 0.717) is 32.6 Å². The van der Waals surface area contributed by atoms with Crippen LogP contribution in [0.25, 0.3) is 0 Å². The van der Waals surface area contributed by atoms with Crippen molar-refractivity contribution in [2.24, 2.45) is 0 Å². The smallest absolute Gasteiger partial charge is 0.278 e. The van der Waals surface area contributed by atoms with E-state index < -0.39 is 66.0 Å². The van der Waals surface area contributed by atoms with Crippen molar-refractivity contribution >= 4 is 18.5 Å². The van der Waals surface area contributed by atoms with Crippen LogP contribution in [0, 0.1) is 0 Å². The Morgan fingerprint density at radius 2 is 1.60 bits per heavy atom. The molecule has 16 heteroatoms. The van der Waals surface area contributed by atoms with Crippen LogP contribution >= 0.6 is 0 Å². The van der Waals surface area contributed by atoms with Gasteiger partial charge in [-0.05, 0) is 13.1 Å². The summed E-state index contributed by atoms with van der Waals surface area (Å²) in [7, 11) is 2.29. The molecule has 16 nitrogen and oxygen atoms in total. The lowest BCUT2D eigenvalue weighted by atomic mass is 9.95. The van der Waals surface area contributed by atoms with Crippen molar-refractivity contribution in [2.75, 3.05) is 40.4 Å². The van der Waals surface area contributed by atoms with Gasteiger partial charge in [0.15, 0.2) is 35.6 Å². The van der Waals surface area contributed by atoms with Gasteiger partial charge in [0, 0.05) is 44.4 Å². The van der Waals surface area contributed by atoms with E-state index in [1.54, 1.807) is 0 Å². The monoisotopic (exact) mass is 609 g/mol. The number of benzene rings is 2. The van der Waals surface area contributed by atoms with E-state index >= 15 is 0 Å². The molecule has 43 heavy (non-hydrogen) atoms. The van der Waals surface area contributed by atoms with Crippen LogP contribution in [0.2, 0.25) is 0 Å². The first-order valence-corrected chi connectivity index (χ1v) is 13.0. The van der Waals surface area contributed by atoms with Gasteiger partial charge in [0.1, 0.15) is 18.4 Å². The first-order valence-electron chi connectivity index (χ1n) is 13.0. The Hall–Kier alpha value is -4.03. The van der Waals surface area contributed by atoms with Gasteiger partial charge in [0.05, 0.1) is 24.3 Å². The third kappa shape index (κ3) is 6.80. The molecule has 1 fully saturated rings. The summed E-state index contributed by atoms with van der Waals surface area (Å²) in [6.45, 7) is 0.753. The Balaban J connectivity index is 1.94. The van der Waals surface area contributed by atoms with Crippen LogP contribution < -0.4 is 10.1 Å². The Kier molecular flexibility index (Phi) is 10.5. The number of amides is 1. The van der Waals surface area contributed by atoms with Crippen LogP contribution in [0.15, 0.2) is 18.2 Å². The zero-order chi connectivity index (χ0) is 32.1. The Labute approximate surface area is 245 Å². The number of likely N-dealkylation sites (N-methyl/N-ethyl adjacent to an activating group) is 2. The molecule has 0 saturated carbocycles. The predicted octanol–water partition coefficient (Wildman–Crippen LogP) is -2.16. The van der Waals surface area contributed by atoms with Crippen molar-refractivity contribution in [3.63, 3.8) is 0 Å². The number of nitrogens with one attached hydrogen (secondary N) is 1. The SMILES string of the molecule is CNC(=O)C(N(C)Cc1c(C=O)cccc1OCc1c(O)c(O)c(CN2CCOCC2)c(O)c1O)C(O)(O)C(O)(O)C=O. The maximum atomic E-state index is 12.6. The standard InChI is InChI=1S/C27H35N3O13/c1-28-25(37)24(27(40,41)26(38,39)14-32)29(2)10-16-15(12-31)4-3-5-19(16)43-13-18-22(35)20(33)17(21(34)23(18)36)11-30-6-8-42-9-7-30/h3-5,12,14,24,33-36,38-41H,6-11,13H2,1-2H3,(H,28,37). The number of aromatic hydroxyl groups is 4. The van der Waals surface area contributed by atoms with Gasteiger partial charge in [-0.3, -0.25) is 24.2 Å². The topological polar surface area (TPSA) is 250 Å². The summed E-state index contributed by atoms with van der Waals surface area (Å²) >= 11 is 0. The van der Waals surface area contributed by atoms with Crippen LogP contribution in [0.4, 0.5) is 0 Å². The molecule has 2 aromatic rings. The molecule has 0 spiro atoms. The van der Waals surface area contributed by atoms with E-state index in [-0.39, 0.29) is 34.5 Å². The Bertz CT molecular complexity index is 1310. The maximum Gasteiger partial charge on any atom is 0.278 e. The van der Waals surface area contributed by atoms with Crippen LogP contribution in [0.1, 0.15) is 27.0 Å². The van der Waals surface area contributed by atoms with Gasteiger partial charge in [-0.1, -0.05) is 12.1 Å². The van der Waals surface area contributed by atoms with Gasteiger partial charge < -0.3 is 55.6 Å². The van der Waals surface area contributed by atoms with E-state index in [4.69, 9.17) is 9.47 Å². The number of nitrogens with zero attached hydrogens (tertiary/aromatic N) is 2. The molecule has 0 bridgehead atoms. The van der Waals surface area contributed by atoms with E-state index in [9.17, 15) is 55.2 Å². The molecule has 2 aromatic carbocycles. The fourth-order valence-electron chi connectivity index (χ4n) is 4.67. The number of rotatable bonds is 13. The van der Waals surface area contributed by atoms with E-state index in [0.717, 1.165) is 19.0 Å². The van der Waals surface area contributed by atoms with Crippen LogP contribution in [0.5, 0.6) is 28.7 Å². The quantitative estimate of drug-likeness (QED) is 0.0508. The number of carbonyl (C=O) groups excluding carboxylic acids is 3. The van der Waals surface area contributed by atoms with Gasteiger partial charge in [0.2, 0.25) is 5.91 Å². The number of aldehydes is 2. The molecule has 0 radical (unpaired) electrons. The Morgan fingerprint density at radius 1 is 1.02 bits per heavy atom. The zero-order valence-corrected chi connectivity index (χ0v) is 23.4. The highest BCUT2D eigenvalue weighted by molar-refractivity contribution is 5.84. The number of phenolic OH excluding ortho intramolecular Hbond substituents is 4. The maximum absolute atomic E-state index is 12.6. The largest absolute Gasteiger partial charge is 0.504 e. The second-order valence-corrected chi connectivity index (χ2v) is 9.97. The number of hydrogen-bond donors (Lipinski definition) is 9. The molecular weight excluding hydrogens is 574 g/mol. The third-order valence-electron chi connectivity index (χ3n) is 7.18. The summed E-state index contributed by atoms with van der Waals surface area (Å²) in [6.07, 6.45) is -0.141. The third-order valence-corrected chi connectivity index (χ3v) is 7.18. The summed E-state index contributed by atoms with van der Waals surface area (Å²) in [5.41, 5.74) is -0.465. The highest BCUT2D eigenvalue weighted by Crippen LogP contribution is 2.47. The average Bonchev–Trinajstić information content (AvgIpc) is 2.99. The van der Waals surface area contributed by atoms with Crippen LogP contribution in [0.3, 0.4) is 0 Å². The van der Waals surface area contributed by atoms with Crippen molar-refractivity contribution in [3.8, 4) is 28.7 Å². The number of carbonyl (C=O) groups is 3. The van der Waals surface area contributed by atoms with Crippen molar-refractivity contribution < 1.29 is 64.7 Å². The zero-order valence-electron chi connectivity index (χ0n) is 23.4. The minimum Gasteiger partial charge on any atom is -0.504 e. The first-order chi connectivity index (χ1) is 20.2. The van der Waals surface area contributed by atoms with Gasteiger partial charge in [-0.25, -0.2) is 0 Å². The van der Waals surface area contributed by atoms with E-state index in [2.05, 4.69) is 5.32 Å². The molecule has 1 atom stereocenters. The van der Waals surface area contributed by atoms with Crippen molar-refractivity contribution in [3.05, 3.63) is 40.5 Å². The molecule has 3 rings (SSSR count). The van der Waals surface area contributed by atoms with Crippen molar-refractivity contribution in [1.82, 2.24) is 15.1 Å². The summed E-state index contributed by atoms with van der Waals surface area (Å²) in [6, 6.07) is 1.97. The second kappa shape index (κ2) is 13.5. The second-order valence-electron chi connectivity index (χ2n) is 9.97. The lowest BCUT2D eigenvalue weighted by Crippen LogP contribution is -2.69. The van der Waals surface area contributed by atoms with Gasteiger partial charge in [-0.15, -0.1) is 0 Å². The fraction of sp³-hybridized carbons (Fsp3) is 0.444. The summed E-state index contributed by atoms with van der Waals surface area (Å²) < 4.78 is 11.0. The molecule has 0 aromatic heterocycles.